The molecule has 0 aromatic heterocycles. The second kappa shape index (κ2) is 18.8. The Morgan fingerprint density at radius 3 is 2.29 bits per heavy atom. The number of aliphatic hydroxyl groups is 1. The first-order valence-electron chi connectivity index (χ1n) is 19.0. The van der Waals surface area contributed by atoms with Gasteiger partial charge in [-0.05, 0) is 79.0 Å². The maximum Gasteiger partial charge on any atom is 0.249 e. The predicted molar refractivity (Wildman–Crippen MR) is 203 cm³/mol. The van der Waals surface area contributed by atoms with E-state index < -0.39 is 47.3 Å². The molecule has 298 valence electrons. The first-order valence-corrected chi connectivity index (χ1v) is 19.0. The smallest absolute Gasteiger partial charge is 0.249 e. The summed E-state index contributed by atoms with van der Waals surface area (Å²) in [6.45, 7) is 6.16. The molecule has 0 radical (unpaired) electrons. The van der Waals surface area contributed by atoms with Gasteiger partial charge >= 0.3 is 0 Å². The summed E-state index contributed by atoms with van der Waals surface area (Å²) in [5, 5.41) is 21.1. The minimum absolute atomic E-state index is 0.0864. The number of aryl methyl sites for hydroxylation is 1. The molecule has 55 heavy (non-hydrogen) atoms. The second-order valence-corrected chi connectivity index (χ2v) is 14.7. The van der Waals surface area contributed by atoms with Gasteiger partial charge in [-0.15, -0.1) is 0 Å². The van der Waals surface area contributed by atoms with Crippen molar-refractivity contribution in [1.29, 1.82) is 0 Å². The molecule has 2 aliphatic rings. The van der Waals surface area contributed by atoms with Crippen LogP contribution < -0.4 is 25.4 Å². The highest BCUT2D eigenvalue weighted by atomic mass is 19.1. The topological polar surface area (TPSA) is 138 Å². The highest BCUT2D eigenvalue weighted by molar-refractivity contribution is 5.96. The fraction of sp³-hybridized carbons (Fsp3) is 0.500. The van der Waals surface area contributed by atoms with E-state index >= 15 is 0 Å². The molecule has 13 heteroatoms. The van der Waals surface area contributed by atoms with Crippen LogP contribution in [0.2, 0.25) is 0 Å². The van der Waals surface area contributed by atoms with E-state index in [2.05, 4.69) is 16.0 Å². The number of nitrogens with one attached hydrogen (secondary N) is 3. The summed E-state index contributed by atoms with van der Waals surface area (Å²) in [7, 11) is 3.14. The predicted octanol–water partition coefficient (Wildman–Crippen LogP) is 4.47. The Morgan fingerprint density at radius 2 is 1.67 bits per heavy atom. The maximum atomic E-state index is 14.5. The van der Waals surface area contributed by atoms with E-state index in [0.29, 0.717) is 43.7 Å². The fourth-order valence-corrected chi connectivity index (χ4v) is 7.88. The number of rotatable bonds is 18. The van der Waals surface area contributed by atoms with E-state index in [1.165, 1.54) is 24.0 Å². The van der Waals surface area contributed by atoms with Gasteiger partial charge < -0.3 is 40.2 Å². The van der Waals surface area contributed by atoms with Crippen LogP contribution in [0.4, 0.5) is 8.78 Å². The van der Waals surface area contributed by atoms with Crippen LogP contribution in [0.25, 0.3) is 0 Å². The summed E-state index contributed by atoms with van der Waals surface area (Å²) < 4.78 is 45.7. The molecule has 2 aliphatic heterocycles. The van der Waals surface area contributed by atoms with Crippen LogP contribution in [-0.4, -0.2) is 90.9 Å². The highest BCUT2D eigenvalue weighted by Crippen LogP contribution is 2.35. The van der Waals surface area contributed by atoms with Crippen molar-refractivity contribution in [2.75, 3.05) is 27.3 Å². The molecular formula is C42H54F2N4O7. The van der Waals surface area contributed by atoms with E-state index in [1.807, 2.05) is 56.3 Å². The number of ether oxygens (including phenoxy) is 3. The van der Waals surface area contributed by atoms with E-state index in [1.54, 1.807) is 20.3 Å². The Balaban J connectivity index is 1.38. The molecule has 0 unspecified atom stereocenters. The molecular weight excluding hydrogens is 710 g/mol. The number of carbonyl (C=O) groups excluding carboxylic acids is 3. The maximum absolute atomic E-state index is 14.5. The summed E-state index contributed by atoms with van der Waals surface area (Å²) in [5.41, 5.74) is 0.900. The van der Waals surface area contributed by atoms with Crippen LogP contribution in [0.5, 0.6) is 11.5 Å². The van der Waals surface area contributed by atoms with Gasteiger partial charge in [0.1, 0.15) is 34.7 Å². The molecule has 0 aliphatic carbocycles. The monoisotopic (exact) mass is 764 g/mol. The van der Waals surface area contributed by atoms with Crippen molar-refractivity contribution in [1.82, 2.24) is 20.9 Å². The van der Waals surface area contributed by atoms with Gasteiger partial charge in [-0.2, -0.15) is 0 Å². The zero-order chi connectivity index (χ0) is 39.7. The lowest BCUT2D eigenvalue weighted by atomic mass is 9.81. The van der Waals surface area contributed by atoms with Crippen LogP contribution in [0, 0.1) is 17.6 Å². The molecule has 4 N–H and O–H groups in total. The number of halogens is 2. The molecule has 5 rings (SSSR count). The summed E-state index contributed by atoms with van der Waals surface area (Å²) in [6.07, 6.45) is 0.518. The quantitative estimate of drug-likeness (QED) is 0.149. The average molecular weight is 765 g/mol. The minimum Gasteiger partial charge on any atom is -0.497 e. The van der Waals surface area contributed by atoms with Crippen molar-refractivity contribution in [3.63, 3.8) is 0 Å². The van der Waals surface area contributed by atoms with Crippen molar-refractivity contribution in [3.8, 4) is 11.5 Å². The van der Waals surface area contributed by atoms with Crippen LogP contribution in [0.3, 0.4) is 0 Å². The lowest BCUT2D eigenvalue weighted by Gasteiger charge is -2.36. The first-order chi connectivity index (χ1) is 26.3. The molecule has 7 atom stereocenters. The molecule has 3 aromatic rings. The number of benzene rings is 3. The van der Waals surface area contributed by atoms with Gasteiger partial charge in [0.15, 0.2) is 0 Å². The number of hydrogen-bond acceptors (Lipinski definition) is 8. The van der Waals surface area contributed by atoms with Crippen molar-refractivity contribution in [3.05, 3.63) is 95.1 Å². The average Bonchev–Trinajstić information content (AvgIpc) is 3.77. The molecule has 0 saturated carbocycles. The zero-order valence-corrected chi connectivity index (χ0v) is 32.3. The molecule has 2 saturated heterocycles. The lowest BCUT2D eigenvalue weighted by Crippen LogP contribution is -2.61. The number of carbonyl (C=O) groups is 3. The number of likely N-dealkylation sites (tertiary alicyclic amines) is 1. The lowest BCUT2D eigenvalue weighted by molar-refractivity contribution is -0.144. The van der Waals surface area contributed by atoms with Gasteiger partial charge in [0.2, 0.25) is 17.7 Å². The number of methoxy groups -OCH3 is 2. The van der Waals surface area contributed by atoms with Gasteiger partial charge in [-0.3, -0.25) is 14.4 Å². The largest absolute Gasteiger partial charge is 0.497 e. The Kier molecular flexibility index (Phi) is 14.2. The van der Waals surface area contributed by atoms with Crippen LogP contribution in [0.1, 0.15) is 63.1 Å². The third-order valence-electron chi connectivity index (χ3n) is 11.0. The third kappa shape index (κ3) is 10.4. The van der Waals surface area contributed by atoms with Crippen molar-refractivity contribution >= 4 is 17.7 Å². The molecule has 11 nitrogen and oxygen atoms in total. The van der Waals surface area contributed by atoms with Gasteiger partial charge in [-0.25, -0.2) is 8.78 Å². The number of amides is 3. The number of hydrogen-bond donors (Lipinski definition) is 4. The van der Waals surface area contributed by atoms with Gasteiger partial charge in [-0.1, -0.05) is 50.6 Å². The Hall–Kier alpha value is -4.59. The Labute approximate surface area is 322 Å². The highest BCUT2D eigenvalue weighted by Gasteiger charge is 2.53. The summed E-state index contributed by atoms with van der Waals surface area (Å²) in [6, 6.07) is 15.7. The van der Waals surface area contributed by atoms with Crippen LogP contribution >= 0.6 is 0 Å². The summed E-state index contributed by atoms with van der Waals surface area (Å²) in [5.74, 6) is -1.67. The number of nitrogens with zero attached hydrogens (tertiary/aromatic N) is 1. The number of aliphatic hydroxyl groups excluding tert-OH is 1. The van der Waals surface area contributed by atoms with Crippen LogP contribution in [0.15, 0.2) is 66.7 Å². The molecule has 0 bridgehead atoms. The second-order valence-electron chi connectivity index (χ2n) is 14.7. The van der Waals surface area contributed by atoms with Crippen molar-refractivity contribution < 1.29 is 42.5 Å². The van der Waals surface area contributed by atoms with E-state index in [0.717, 1.165) is 17.2 Å². The third-order valence-corrected chi connectivity index (χ3v) is 11.0. The summed E-state index contributed by atoms with van der Waals surface area (Å²) >= 11 is 0. The normalized spacial score (nSPS) is 21.8. The van der Waals surface area contributed by atoms with Crippen LogP contribution in [-0.2, 0) is 38.6 Å². The molecule has 2 heterocycles. The van der Waals surface area contributed by atoms with Gasteiger partial charge in [0.25, 0.3) is 0 Å². The minimum atomic E-state index is -1.21. The van der Waals surface area contributed by atoms with E-state index in [4.69, 9.17) is 14.2 Å². The van der Waals surface area contributed by atoms with Crippen molar-refractivity contribution in [2.45, 2.75) is 102 Å². The first kappa shape index (κ1) is 41.6. The van der Waals surface area contributed by atoms with E-state index in [9.17, 15) is 28.3 Å². The summed E-state index contributed by atoms with van der Waals surface area (Å²) in [4.78, 5) is 42.8. The van der Waals surface area contributed by atoms with E-state index in [-0.39, 0.29) is 55.4 Å². The molecule has 0 spiro atoms. The van der Waals surface area contributed by atoms with Crippen molar-refractivity contribution in [2.24, 2.45) is 5.92 Å². The Bertz CT molecular complexity index is 1740. The SMILES string of the molecule is CC[C@@H](C)[C@@]1(NC(C)=O)CCN([C@@H](CCc2ccccc2)C(=O)N[C@@H](Cc2cc(F)cc(F)c2)[C@H](O)[C@H]2C[C@@H](OCc3cc(OC)cc(OC)c3)CN2)C1=O. The molecule has 3 aromatic carbocycles. The standard InChI is InChI=1S/C42H54F2N4O7/c1-6-26(2)42(47-27(3)49)14-15-48(41(42)52)38(13-12-28-10-8-7-9-11-28)40(51)46-37(20-29-16-31(43)21-32(44)17-29)39(50)36-23-35(24-45-36)55-25-30-18-33(53-4)22-34(19-30)54-5/h7-11,16-19,21-22,26,35-39,45,50H,6,12-15,20,23-25H2,1-5H3,(H,46,51)(H,47,49)/t26-,35-,36-,37+,38+,39-,42+/m1/s1. The molecule has 2 fully saturated rings. The molecule has 3 amide bonds. The fourth-order valence-electron chi connectivity index (χ4n) is 7.88. The van der Waals surface area contributed by atoms with Gasteiger partial charge in [0.05, 0.1) is 39.1 Å². The zero-order valence-electron chi connectivity index (χ0n) is 32.3. The van der Waals surface area contributed by atoms with Gasteiger partial charge in [0, 0.05) is 38.2 Å². The Morgan fingerprint density at radius 1 is 1.00 bits per heavy atom.